The standard InChI is InChI=1S/C53H32N4O/c1-3-16-33(17-4-1)51-54-52(34-18-5-2-6-19-34)56-53(55-51)35-30-31-46(44(32-35)42-27-15-26-41-38-22-12-14-29-47(38)58-50(41)42)57-45-28-13-11-25-43(45)48-39-23-9-7-20-36(39)37-21-8-10-24-40(37)49(48)57/h1-32H/i7D,8D,9D,10D,11D,23D,24D,25D,28D. The maximum atomic E-state index is 9.57. The van der Waals surface area contributed by atoms with Crippen LogP contribution in [0.1, 0.15) is 12.3 Å². The Morgan fingerprint density at radius 1 is 0.431 bits per heavy atom. The highest BCUT2D eigenvalue weighted by molar-refractivity contribution is 6.32. The molecule has 58 heavy (non-hydrogen) atoms. The molecule has 0 spiro atoms. The lowest BCUT2D eigenvalue weighted by Crippen LogP contribution is -2.02. The molecule has 5 nitrogen and oxygen atoms in total. The van der Waals surface area contributed by atoms with Gasteiger partial charge in [0.15, 0.2) is 17.5 Å². The van der Waals surface area contributed by atoms with Crippen LogP contribution in [0.3, 0.4) is 0 Å². The van der Waals surface area contributed by atoms with Crippen LogP contribution in [0, 0.1) is 0 Å². The average Bonchev–Trinajstić information content (AvgIpc) is 3.91. The zero-order chi connectivity index (χ0) is 46.0. The van der Waals surface area contributed by atoms with Crippen molar-refractivity contribution in [3.8, 4) is 51.0 Å². The van der Waals surface area contributed by atoms with Crippen LogP contribution < -0.4 is 0 Å². The minimum absolute atomic E-state index is 0.118. The summed E-state index contributed by atoms with van der Waals surface area (Å²) >= 11 is 0. The topological polar surface area (TPSA) is 56.7 Å². The van der Waals surface area contributed by atoms with Gasteiger partial charge in [-0.3, -0.25) is 0 Å². The van der Waals surface area contributed by atoms with Crippen LogP contribution in [-0.2, 0) is 0 Å². The maximum Gasteiger partial charge on any atom is 0.164 e. The van der Waals surface area contributed by atoms with Gasteiger partial charge in [0.2, 0.25) is 0 Å². The van der Waals surface area contributed by atoms with E-state index in [0.717, 1.165) is 21.9 Å². The van der Waals surface area contributed by atoms with Crippen molar-refractivity contribution in [3.63, 3.8) is 0 Å². The van der Waals surface area contributed by atoms with Crippen molar-refractivity contribution in [3.05, 3.63) is 194 Å². The smallest absolute Gasteiger partial charge is 0.164 e. The van der Waals surface area contributed by atoms with Crippen molar-refractivity contribution in [2.45, 2.75) is 0 Å². The summed E-state index contributed by atoms with van der Waals surface area (Å²) in [6, 6.07) is 40.2. The molecule has 0 N–H and O–H groups in total. The van der Waals surface area contributed by atoms with E-state index < -0.39 is 0 Å². The number of furan rings is 1. The third-order valence-electron chi connectivity index (χ3n) is 10.8. The number of fused-ring (bicyclic) bond motifs is 11. The van der Waals surface area contributed by atoms with E-state index in [-0.39, 0.29) is 92.3 Å². The third kappa shape index (κ3) is 4.93. The average molecular weight is 750 g/mol. The van der Waals surface area contributed by atoms with Gasteiger partial charge in [0.1, 0.15) is 11.2 Å². The zero-order valence-corrected chi connectivity index (χ0v) is 30.5. The summed E-state index contributed by atoms with van der Waals surface area (Å²) in [5, 5.41) is 3.06. The van der Waals surface area contributed by atoms with Gasteiger partial charge in [0.25, 0.3) is 0 Å². The quantitative estimate of drug-likeness (QED) is 0.164. The molecule has 12 rings (SSSR count). The Morgan fingerprint density at radius 2 is 1.07 bits per heavy atom. The molecule has 3 aromatic heterocycles. The molecule has 9 aromatic carbocycles. The normalized spacial score (nSPS) is 14.0. The number of hydrogen-bond acceptors (Lipinski definition) is 4. The van der Waals surface area contributed by atoms with Crippen molar-refractivity contribution in [1.29, 1.82) is 0 Å². The zero-order valence-electron chi connectivity index (χ0n) is 39.5. The molecule has 0 saturated heterocycles. The first-order chi connectivity index (χ1) is 32.5. The second-order valence-electron chi connectivity index (χ2n) is 14.0. The van der Waals surface area contributed by atoms with Crippen LogP contribution in [0.2, 0.25) is 0 Å². The highest BCUT2D eigenvalue weighted by Gasteiger charge is 2.23. The number of benzene rings is 9. The van der Waals surface area contributed by atoms with Gasteiger partial charge in [0, 0.05) is 54.7 Å². The molecule has 0 bridgehead atoms. The summed E-state index contributed by atoms with van der Waals surface area (Å²) in [6.45, 7) is 0. The molecule has 0 atom stereocenters. The Balaban J connectivity index is 1.28. The van der Waals surface area contributed by atoms with Gasteiger partial charge in [-0.2, -0.15) is 0 Å². The largest absolute Gasteiger partial charge is 0.455 e. The molecule has 12 aromatic rings. The molecule has 0 saturated carbocycles. The molecule has 5 heteroatoms. The van der Waals surface area contributed by atoms with Crippen molar-refractivity contribution in [1.82, 2.24) is 19.5 Å². The lowest BCUT2D eigenvalue weighted by molar-refractivity contribution is 0.670. The molecule has 0 radical (unpaired) electrons. The Kier molecular flexibility index (Phi) is 5.44. The van der Waals surface area contributed by atoms with Crippen molar-refractivity contribution < 1.29 is 16.8 Å². The van der Waals surface area contributed by atoms with Crippen LogP contribution in [0.5, 0.6) is 0 Å². The fourth-order valence-corrected chi connectivity index (χ4v) is 8.25. The summed E-state index contributed by atoms with van der Waals surface area (Å²) < 4.78 is 90.4. The monoisotopic (exact) mass is 749 g/mol. The fraction of sp³-hybridized carbons (Fsp3) is 0. The minimum Gasteiger partial charge on any atom is -0.455 e. The van der Waals surface area contributed by atoms with Gasteiger partial charge in [-0.1, -0.05) is 164 Å². The second-order valence-corrected chi connectivity index (χ2v) is 14.0. The van der Waals surface area contributed by atoms with Crippen LogP contribution in [0.15, 0.2) is 198 Å². The molecule has 0 fully saturated rings. The lowest BCUT2D eigenvalue weighted by atomic mass is 9.96. The van der Waals surface area contributed by atoms with E-state index in [0.29, 0.717) is 56.4 Å². The van der Waals surface area contributed by atoms with E-state index in [1.54, 1.807) is 4.57 Å². The van der Waals surface area contributed by atoms with E-state index >= 15 is 0 Å². The number of aromatic nitrogens is 4. The molecule has 0 aliphatic heterocycles. The van der Waals surface area contributed by atoms with E-state index in [2.05, 4.69) is 0 Å². The summed E-state index contributed by atoms with van der Waals surface area (Å²) in [6.07, 6.45) is 0. The van der Waals surface area contributed by atoms with E-state index in [4.69, 9.17) is 26.2 Å². The summed E-state index contributed by atoms with van der Waals surface area (Å²) in [7, 11) is 0. The van der Waals surface area contributed by atoms with Gasteiger partial charge < -0.3 is 8.98 Å². The summed E-state index contributed by atoms with van der Waals surface area (Å²) in [5.74, 6) is 1.29. The SMILES string of the molecule is [2H]c1cc2c3cc([2H])c([2H])c([2H])c3c3c(c2c([2H])c1[2H])c1c([2H])c([2H])cc([2H])c1n3-c1ccc(-c2nc(-c3ccccc3)nc(-c3ccccc3)n2)cc1-c1cccc2c1oc1ccccc12. The molecule has 0 aliphatic rings. The minimum atomic E-state index is -0.369. The first kappa shape index (κ1) is 24.6. The van der Waals surface area contributed by atoms with E-state index in [1.165, 1.54) is 18.2 Å². The second kappa shape index (κ2) is 12.8. The highest BCUT2D eigenvalue weighted by atomic mass is 16.3. The first-order valence-corrected chi connectivity index (χ1v) is 18.8. The first-order valence-electron chi connectivity index (χ1n) is 23.3. The molecular weight excluding hydrogens is 709 g/mol. The molecular formula is C53H32N4O. The van der Waals surface area contributed by atoms with E-state index in [1.807, 2.05) is 121 Å². The Bertz CT molecular complexity index is 4040. The van der Waals surface area contributed by atoms with Crippen LogP contribution in [-0.4, -0.2) is 19.5 Å². The number of hydrogen-bond donors (Lipinski definition) is 0. The Labute approximate surface area is 345 Å². The predicted molar refractivity (Wildman–Crippen MR) is 238 cm³/mol. The maximum absolute atomic E-state index is 9.57. The van der Waals surface area contributed by atoms with Gasteiger partial charge in [-0.15, -0.1) is 0 Å². The van der Waals surface area contributed by atoms with Gasteiger partial charge in [0.05, 0.1) is 29.1 Å². The van der Waals surface area contributed by atoms with Crippen molar-refractivity contribution in [2.24, 2.45) is 0 Å². The van der Waals surface area contributed by atoms with Gasteiger partial charge >= 0.3 is 0 Å². The molecule has 0 aliphatic carbocycles. The summed E-state index contributed by atoms with van der Waals surface area (Å²) in [5.41, 5.74) is 5.53. The van der Waals surface area contributed by atoms with E-state index in [9.17, 15) is 5.48 Å². The Hall–Kier alpha value is -7.89. The number of rotatable bonds is 5. The number of para-hydroxylation sites is 3. The third-order valence-corrected chi connectivity index (χ3v) is 10.8. The van der Waals surface area contributed by atoms with Crippen molar-refractivity contribution in [2.75, 3.05) is 0 Å². The van der Waals surface area contributed by atoms with Crippen LogP contribution in [0.4, 0.5) is 0 Å². The molecule has 0 unspecified atom stereocenters. The summed E-state index contributed by atoms with van der Waals surface area (Å²) in [4.78, 5) is 15.0. The van der Waals surface area contributed by atoms with Crippen LogP contribution in [0.25, 0.3) is 116 Å². The molecule has 0 amide bonds. The predicted octanol–water partition coefficient (Wildman–Crippen LogP) is 13.8. The van der Waals surface area contributed by atoms with Crippen LogP contribution >= 0.6 is 0 Å². The lowest BCUT2D eigenvalue weighted by Gasteiger charge is -2.17. The molecule has 270 valence electrons. The van der Waals surface area contributed by atoms with Gasteiger partial charge in [-0.05, 0) is 46.5 Å². The number of nitrogens with zero attached hydrogens (tertiary/aromatic N) is 4. The highest BCUT2D eigenvalue weighted by Crippen LogP contribution is 2.46. The van der Waals surface area contributed by atoms with Crippen molar-refractivity contribution >= 4 is 65.3 Å². The Morgan fingerprint density at radius 3 is 1.83 bits per heavy atom. The fourth-order valence-electron chi connectivity index (χ4n) is 8.25. The van der Waals surface area contributed by atoms with Gasteiger partial charge in [-0.25, -0.2) is 15.0 Å². The molecule has 3 heterocycles.